The van der Waals surface area contributed by atoms with Crippen LogP contribution in [0.15, 0.2) is 42.5 Å². The van der Waals surface area contributed by atoms with Crippen molar-refractivity contribution in [1.29, 1.82) is 0 Å². The van der Waals surface area contributed by atoms with Crippen molar-refractivity contribution < 1.29 is 45.8 Å². The molecule has 2 amide bonds. The molecule has 0 saturated heterocycles. The van der Waals surface area contributed by atoms with E-state index < -0.39 is 77.8 Å². The SMILES string of the molecule is N[C@H](CC(=O)N1CCn2c(nc(C(F)(F)F)c2C(=O)NC(Cc2ccccc2)C(=O)O)C1)Cc1cc(F)c(F)cc1F. The molecule has 1 unspecified atom stereocenters. The van der Waals surface area contributed by atoms with E-state index in [1.54, 1.807) is 30.3 Å². The Balaban J connectivity index is 1.50. The molecule has 0 radical (unpaired) electrons. The van der Waals surface area contributed by atoms with Gasteiger partial charge in [0.25, 0.3) is 5.91 Å². The largest absolute Gasteiger partial charge is 0.480 e. The second-order valence-corrected chi connectivity index (χ2v) is 9.77. The first-order chi connectivity index (χ1) is 19.7. The lowest BCUT2D eigenvalue weighted by atomic mass is 10.0. The predicted octanol–water partition coefficient (Wildman–Crippen LogP) is 3.05. The molecule has 4 N–H and O–H groups in total. The number of carbonyl (C=O) groups is 3. The molecule has 2 atom stereocenters. The summed E-state index contributed by atoms with van der Waals surface area (Å²) >= 11 is 0. The number of aromatic nitrogens is 2. The van der Waals surface area contributed by atoms with Crippen LogP contribution in [0.25, 0.3) is 0 Å². The summed E-state index contributed by atoms with van der Waals surface area (Å²) in [6.07, 6.45) is -5.95. The molecule has 0 fully saturated rings. The number of imidazole rings is 1. The number of hydrogen-bond acceptors (Lipinski definition) is 5. The van der Waals surface area contributed by atoms with Gasteiger partial charge >= 0.3 is 12.1 Å². The van der Waals surface area contributed by atoms with Crippen molar-refractivity contribution >= 4 is 17.8 Å². The predicted molar refractivity (Wildman–Crippen MR) is 134 cm³/mol. The number of aliphatic carboxylic acids is 1. The molecule has 1 aliphatic heterocycles. The van der Waals surface area contributed by atoms with Gasteiger partial charge in [-0.25, -0.2) is 22.9 Å². The molecule has 0 bridgehead atoms. The highest BCUT2D eigenvalue weighted by atomic mass is 19.4. The molecule has 9 nitrogen and oxygen atoms in total. The molecule has 0 aliphatic carbocycles. The van der Waals surface area contributed by atoms with Gasteiger partial charge in [0, 0.05) is 38.0 Å². The van der Waals surface area contributed by atoms with Crippen molar-refractivity contribution in [3.63, 3.8) is 0 Å². The first kappa shape index (κ1) is 30.6. The van der Waals surface area contributed by atoms with Crippen molar-refractivity contribution in [2.24, 2.45) is 5.73 Å². The fraction of sp³-hybridized carbons (Fsp3) is 0.333. The quantitative estimate of drug-likeness (QED) is 0.257. The number of rotatable bonds is 9. The van der Waals surface area contributed by atoms with Gasteiger partial charge < -0.3 is 25.6 Å². The third-order valence-electron chi connectivity index (χ3n) is 6.70. The highest BCUT2D eigenvalue weighted by molar-refractivity contribution is 5.96. The Hall–Kier alpha value is -4.40. The number of halogens is 6. The third-order valence-corrected chi connectivity index (χ3v) is 6.70. The topological polar surface area (TPSA) is 131 Å². The first-order valence-corrected chi connectivity index (χ1v) is 12.7. The molecule has 2 aromatic carbocycles. The van der Waals surface area contributed by atoms with Crippen LogP contribution >= 0.6 is 0 Å². The number of carboxylic acids is 1. The standard InChI is InChI=1S/C27H25F6N5O4/c28-17-12-19(30)18(29)10-15(17)9-16(34)11-22(39)37-6-7-38-21(13-37)36-24(27(31,32)33)23(38)25(40)35-20(26(41)42)8-14-4-2-1-3-5-14/h1-5,10,12,16,20H,6-9,11,13,34H2,(H,35,40)(H,41,42)/t16-,20?/m0/s1. The van der Waals surface area contributed by atoms with Gasteiger partial charge in [-0.3, -0.25) is 9.59 Å². The zero-order valence-corrected chi connectivity index (χ0v) is 21.8. The van der Waals surface area contributed by atoms with E-state index in [4.69, 9.17) is 5.73 Å². The minimum absolute atomic E-state index is 0.140. The highest BCUT2D eigenvalue weighted by Crippen LogP contribution is 2.33. The number of hydrogen-bond donors (Lipinski definition) is 3. The van der Waals surface area contributed by atoms with E-state index in [2.05, 4.69) is 10.3 Å². The van der Waals surface area contributed by atoms with Crippen molar-refractivity contribution in [1.82, 2.24) is 19.8 Å². The maximum absolute atomic E-state index is 14.0. The van der Waals surface area contributed by atoms with Gasteiger partial charge in [0.05, 0.1) is 6.54 Å². The second-order valence-electron chi connectivity index (χ2n) is 9.77. The van der Waals surface area contributed by atoms with Gasteiger partial charge in [-0.2, -0.15) is 13.2 Å². The Kier molecular flexibility index (Phi) is 8.89. The van der Waals surface area contributed by atoms with Crippen LogP contribution in [-0.2, 0) is 41.7 Å². The number of nitrogens with zero attached hydrogens (tertiary/aromatic N) is 3. The van der Waals surface area contributed by atoms with E-state index in [-0.39, 0.29) is 37.3 Å². The van der Waals surface area contributed by atoms with E-state index in [9.17, 15) is 45.8 Å². The Labute approximate surface area is 234 Å². The molecule has 224 valence electrons. The Morgan fingerprint density at radius 1 is 1.00 bits per heavy atom. The summed E-state index contributed by atoms with van der Waals surface area (Å²) in [5.41, 5.74) is 3.79. The van der Waals surface area contributed by atoms with Crippen LogP contribution in [0, 0.1) is 17.5 Å². The molecule has 0 saturated carbocycles. The number of carbonyl (C=O) groups excluding carboxylic acids is 2. The number of nitrogens with one attached hydrogen (secondary N) is 1. The van der Waals surface area contributed by atoms with Gasteiger partial charge in [-0.05, 0) is 23.6 Å². The van der Waals surface area contributed by atoms with E-state index in [1.165, 1.54) is 0 Å². The van der Waals surface area contributed by atoms with Gasteiger partial charge in [-0.15, -0.1) is 0 Å². The van der Waals surface area contributed by atoms with Crippen molar-refractivity contribution in [2.75, 3.05) is 6.54 Å². The van der Waals surface area contributed by atoms with Crippen LogP contribution in [-0.4, -0.2) is 56.0 Å². The molecule has 4 rings (SSSR count). The van der Waals surface area contributed by atoms with Crippen LogP contribution in [0.1, 0.15) is 39.6 Å². The zero-order valence-electron chi connectivity index (χ0n) is 21.8. The number of carboxylic acid groups (broad SMARTS) is 1. The smallest absolute Gasteiger partial charge is 0.435 e. The molecule has 42 heavy (non-hydrogen) atoms. The number of fused-ring (bicyclic) bond motifs is 1. The molecule has 3 aromatic rings. The lowest BCUT2D eigenvalue weighted by molar-refractivity contribution is -0.141. The van der Waals surface area contributed by atoms with E-state index >= 15 is 0 Å². The summed E-state index contributed by atoms with van der Waals surface area (Å²) in [5, 5.41) is 11.7. The van der Waals surface area contributed by atoms with Crippen LogP contribution < -0.4 is 11.1 Å². The van der Waals surface area contributed by atoms with Gasteiger partial charge in [-0.1, -0.05) is 30.3 Å². The molecular formula is C27H25F6N5O4. The molecule has 0 spiro atoms. The Morgan fingerprint density at radius 2 is 1.67 bits per heavy atom. The minimum atomic E-state index is -5.07. The summed E-state index contributed by atoms with van der Waals surface area (Å²) in [7, 11) is 0. The average molecular weight is 598 g/mol. The molecule has 2 heterocycles. The molecule has 15 heteroatoms. The summed E-state index contributed by atoms with van der Waals surface area (Å²) in [4.78, 5) is 42.4. The van der Waals surface area contributed by atoms with E-state index in [1.807, 2.05) is 0 Å². The van der Waals surface area contributed by atoms with Crippen LogP contribution in [0.3, 0.4) is 0 Å². The monoisotopic (exact) mass is 597 g/mol. The summed E-state index contributed by atoms with van der Waals surface area (Å²) in [5.74, 6) is -7.34. The lowest BCUT2D eigenvalue weighted by Crippen LogP contribution is -2.45. The van der Waals surface area contributed by atoms with Crippen LogP contribution in [0.2, 0.25) is 0 Å². The normalized spacial score (nSPS) is 14.7. The van der Waals surface area contributed by atoms with E-state index in [0.717, 1.165) is 9.47 Å². The number of amides is 2. The second kappa shape index (κ2) is 12.2. The maximum atomic E-state index is 14.0. The maximum Gasteiger partial charge on any atom is 0.435 e. The number of nitrogens with two attached hydrogens (primary N) is 1. The van der Waals surface area contributed by atoms with Gasteiger partial charge in [0.1, 0.15) is 23.4 Å². The lowest BCUT2D eigenvalue weighted by Gasteiger charge is -2.29. The summed E-state index contributed by atoms with van der Waals surface area (Å²) in [6.45, 7) is -0.831. The summed E-state index contributed by atoms with van der Waals surface area (Å²) in [6, 6.07) is 6.63. The van der Waals surface area contributed by atoms with Crippen molar-refractivity contribution in [3.05, 3.63) is 88.3 Å². The fourth-order valence-electron chi connectivity index (χ4n) is 4.68. The molecular weight excluding hydrogens is 572 g/mol. The van der Waals surface area contributed by atoms with E-state index in [0.29, 0.717) is 17.7 Å². The van der Waals surface area contributed by atoms with Gasteiger partial charge in [0.2, 0.25) is 5.91 Å². The van der Waals surface area contributed by atoms with Crippen LogP contribution in [0.4, 0.5) is 26.3 Å². The Bertz CT molecular complexity index is 1490. The number of benzene rings is 2. The third kappa shape index (κ3) is 6.90. The minimum Gasteiger partial charge on any atom is -0.480 e. The Morgan fingerprint density at radius 3 is 2.31 bits per heavy atom. The van der Waals surface area contributed by atoms with Crippen molar-refractivity contribution in [2.45, 2.75) is 50.6 Å². The fourth-order valence-corrected chi connectivity index (χ4v) is 4.68. The molecule has 1 aromatic heterocycles. The van der Waals surface area contributed by atoms with Gasteiger partial charge in [0.15, 0.2) is 17.3 Å². The van der Waals surface area contributed by atoms with Crippen LogP contribution in [0.5, 0.6) is 0 Å². The zero-order chi connectivity index (χ0) is 30.8. The molecule has 1 aliphatic rings. The summed E-state index contributed by atoms with van der Waals surface area (Å²) < 4.78 is 83.3. The average Bonchev–Trinajstić information content (AvgIpc) is 3.31. The number of alkyl halides is 3. The highest BCUT2D eigenvalue weighted by Gasteiger charge is 2.43. The first-order valence-electron chi connectivity index (χ1n) is 12.7. The van der Waals surface area contributed by atoms with Crippen molar-refractivity contribution in [3.8, 4) is 0 Å².